The predicted octanol–water partition coefficient (Wildman–Crippen LogP) is 4.73. The van der Waals surface area contributed by atoms with E-state index in [1.165, 1.54) is 5.56 Å². The molecule has 3 rings (SSSR count). The summed E-state index contributed by atoms with van der Waals surface area (Å²) in [5, 5.41) is 6.39. The van der Waals surface area contributed by atoms with Crippen LogP contribution < -0.4 is 20.1 Å². The molecule has 30 heavy (non-hydrogen) atoms. The van der Waals surface area contributed by atoms with Gasteiger partial charge in [0, 0.05) is 29.6 Å². The van der Waals surface area contributed by atoms with Crippen molar-refractivity contribution in [3.63, 3.8) is 0 Å². The Bertz CT molecular complexity index is 931. The molecule has 1 heterocycles. The molecule has 160 valence electrons. The summed E-state index contributed by atoms with van der Waals surface area (Å²) in [5.41, 5.74) is 5.30. The van der Waals surface area contributed by atoms with E-state index >= 15 is 0 Å². The highest BCUT2D eigenvalue weighted by Crippen LogP contribution is 2.42. The molecule has 1 aliphatic heterocycles. The maximum Gasteiger partial charge on any atom is 0.258 e. The van der Waals surface area contributed by atoms with Crippen molar-refractivity contribution in [1.29, 1.82) is 0 Å². The number of allylic oxidation sites excluding steroid dienone is 1. The molecule has 0 unspecified atom stereocenters. The fourth-order valence-corrected chi connectivity index (χ4v) is 3.70. The minimum atomic E-state index is -0.122. The normalized spacial score (nSPS) is 14.4. The fraction of sp³-hybridized carbons (Fsp3) is 0.375. The Morgan fingerprint density at radius 3 is 2.20 bits per heavy atom. The molecule has 0 saturated carbocycles. The molecule has 6 nitrogen and oxygen atoms in total. The van der Waals surface area contributed by atoms with Gasteiger partial charge in [0.05, 0.1) is 25.5 Å². The molecule has 0 bridgehead atoms. The minimum absolute atomic E-state index is 0.122. The summed E-state index contributed by atoms with van der Waals surface area (Å²) in [6.45, 7) is 9.39. The Labute approximate surface area is 178 Å². The second kappa shape index (κ2) is 9.67. The van der Waals surface area contributed by atoms with Crippen LogP contribution in [0.15, 0.2) is 42.1 Å². The smallest absolute Gasteiger partial charge is 0.258 e. The Morgan fingerprint density at radius 2 is 1.63 bits per heavy atom. The molecule has 0 fully saturated rings. The summed E-state index contributed by atoms with van der Waals surface area (Å²) >= 11 is 0. The maximum absolute atomic E-state index is 12.8. The van der Waals surface area contributed by atoms with Gasteiger partial charge in [-0.2, -0.15) is 0 Å². The fourth-order valence-electron chi connectivity index (χ4n) is 3.70. The number of ether oxygens (including phenoxy) is 2. The van der Waals surface area contributed by atoms with Gasteiger partial charge in [0.2, 0.25) is 0 Å². The van der Waals surface area contributed by atoms with Crippen LogP contribution in [0, 0.1) is 0 Å². The van der Waals surface area contributed by atoms with E-state index in [9.17, 15) is 4.79 Å². The monoisotopic (exact) mass is 409 g/mol. The predicted molar refractivity (Wildman–Crippen MR) is 122 cm³/mol. The van der Waals surface area contributed by atoms with Crippen molar-refractivity contribution in [1.82, 2.24) is 4.90 Å². The summed E-state index contributed by atoms with van der Waals surface area (Å²) in [5.74, 6) is 1.07. The molecule has 0 saturated heterocycles. The van der Waals surface area contributed by atoms with Crippen molar-refractivity contribution < 1.29 is 14.3 Å². The van der Waals surface area contributed by atoms with Gasteiger partial charge in [0.25, 0.3) is 5.91 Å². The average Bonchev–Trinajstić information content (AvgIpc) is 3.10. The van der Waals surface area contributed by atoms with E-state index in [1.807, 2.05) is 13.0 Å². The van der Waals surface area contributed by atoms with Crippen molar-refractivity contribution in [3.8, 4) is 11.5 Å². The zero-order chi connectivity index (χ0) is 21.7. The van der Waals surface area contributed by atoms with Crippen LogP contribution in [0.1, 0.15) is 38.3 Å². The SMILES string of the molecule is CCC(Nc1ccc(CN(CC)CC)cc1)=C1C(=O)Nc2cc(OC)c(OC)cc21. The highest BCUT2D eigenvalue weighted by atomic mass is 16.5. The number of hydrogen-bond acceptors (Lipinski definition) is 5. The molecule has 1 amide bonds. The number of benzene rings is 2. The maximum atomic E-state index is 12.8. The first-order chi connectivity index (χ1) is 14.5. The summed E-state index contributed by atoms with van der Waals surface area (Å²) in [6.07, 6.45) is 0.692. The first-order valence-corrected chi connectivity index (χ1v) is 10.4. The lowest BCUT2D eigenvalue weighted by atomic mass is 10.0. The second-order valence-electron chi connectivity index (χ2n) is 7.20. The number of carbonyl (C=O) groups is 1. The molecule has 6 heteroatoms. The number of nitrogens with one attached hydrogen (secondary N) is 2. The largest absolute Gasteiger partial charge is 0.493 e. The van der Waals surface area contributed by atoms with Crippen LogP contribution in [-0.4, -0.2) is 38.1 Å². The van der Waals surface area contributed by atoms with Gasteiger partial charge in [0.1, 0.15) is 0 Å². The molecule has 2 N–H and O–H groups in total. The molecule has 0 atom stereocenters. The molecule has 2 aromatic rings. The number of fused-ring (bicyclic) bond motifs is 1. The third kappa shape index (κ3) is 4.44. The Balaban J connectivity index is 1.90. The number of methoxy groups -OCH3 is 2. The zero-order valence-corrected chi connectivity index (χ0v) is 18.5. The molecule has 0 aromatic heterocycles. The Kier molecular flexibility index (Phi) is 7.00. The van der Waals surface area contributed by atoms with Crippen molar-refractivity contribution in [2.24, 2.45) is 0 Å². The summed E-state index contributed by atoms with van der Waals surface area (Å²) < 4.78 is 10.8. The first-order valence-electron chi connectivity index (χ1n) is 10.4. The van der Waals surface area contributed by atoms with Gasteiger partial charge in [-0.1, -0.05) is 32.9 Å². The van der Waals surface area contributed by atoms with Crippen LogP contribution in [-0.2, 0) is 11.3 Å². The first kappa shape index (κ1) is 21.7. The van der Waals surface area contributed by atoms with Crippen molar-refractivity contribution in [2.45, 2.75) is 33.7 Å². The van der Waals surface area contributed by atoms with E-state index in [2.05, 4.69) is 53.6 Å². The molecule has 2 aromatic carbocycles. The standard InChI is InChI=1S/C24H31N3O3/c1-6-19(25-17-11-9-16(10-12-17)15-27(7-2)8-3)23-18-13-21(29-4)22(30-5)14-20(18)26-24(23)28/h9-14,25H,6-8,15H2,1-5H3,(H,26,28). The third-order valence-corrected chi connectivity index (χ3v) is 5.47. The molecule has 1 aliphatic rings. The van der Waals surface area contributed by atoms with Gasteiger partial charge in [-0.3, -0.25) is 9.69 Å². The van der Waals surface area contributed by atoms with Crippen LogP contribution >= 0.6 is 0 Å². The summed E-state index contributed by atoms with van der Waals surface area (Å²) in [4.78, 5) is 15.1. The van der Waals surface area contributed by atoms with Crippen molar-refractivity contribution in [3.05, 3.63) is 53.2 Å². The van der Waals surface area contributed by atoms with Crippen molar-refractivity contribution in [2.75, 3.05) is 37.9 Å². The number of hydrogen-bond donors (Lipinski definition) is 2. The number of nitrogens with zero attached hydrogens (tertiary/aromatic N) is 1. The van der Waals surface area contributed by atoms with Crippen LogP contribution in [0.5, 0.6) is 11.5 Å². The van der Waals surface area contributed by atoms with Gasteiger partial charge in [-0.25, -0.2) is 0 Å². The molecular weight excluding hydrogens is 378 g/mol. The summed E-state index contributed by atoms with van der Waals surface area (Å²) in [6, 6.07) is 12.1. The van der Waals surface area contributed by atoms with Crippen LogP contribution in [0.25, 0.3) is 5.57 Å². The zero-order valence-electron chi connectivity index (χ0n) is 18.5. The molecule has 0 spiro atoms. The van der Waals surface area contributed by atoms with E-state index < -0.39 is 0 Å². The van der Waals surface area contributed by atoms with Crippen LogP contribution in [0.4, 0.5) is 11.4 Å². The van der Waals surface area contributed by atoms with Crippen LogP contribution in [0.3, 0.4) is 0 Å². The molecule has 0 aliphatic carbocycles. The van der Waals surface area contributed by atoms with Gasteiger partial charge >= 0.3 is 0 Å². The third-order valence-electron chi connectivity index (χ3n) is 5.47. The lowest BCUT2D eigenvalue weighted by Gasteiger charge is -2.18. The van der Waals surface area contributed by atoms with Gasteiger partial charge in [-0.05, 0) is 43.3 Å². The minimum Gasteiger partial charge on any atom is -0.493 e. The van der Waals surface area contributed by atoms with E-state index in [0.29, 0.717) is 23.5 Å². The Hall–Kier alpha value is -2.99. The molecule has 0 radical (unpaired) electrons. The van der Waals surface area contributed by atoms with Crippen molar-refractivity contribution >= 4 is 22.9 Å². The van der Waals surface area contributed by atoms with Gasteiger partial charge in [0.15, 0.2) is 11.5 Å². The van der Waals surface area contributed by atoms with E-state index in [1.54, 1.807) is 20.3 Å². The van der Waals surface area contributed by atoms with Crippen LogP contribution in [0.2, 0.25) is 0 Å². The quantitative estimate of drug-likeness (QED) is 0.586. The second-order valence-corrected chi connectivity index (χ2v) is 7.20. The highest BCUT2D eigenvalue weighted by molar-refractivity contribution is 6.32. The average molecular weight is 410 g/mol. The number of anilines is 2. The number of carbonyl (C=O) groups excluding carboxylic acids is 1. The number of amides is 1. The van der Waals surface area contributed by atoms with E-state index in [-0.39, 0.29) is 5.91 Å². The summed E-state index contributed by atoms with van der Waals surface area (Å²) in [7, 11) is 3.18. The van der Waals surface area contributed by atoms with Gasteiger partial charge < -0.3 is 20.1 Å². The van der Waals surface area contributed by atoms with E-state index in [0.717, 1.165) is 42.3 Å². The van der Waals surface area contributed by atoms with Gasteiger partial charge in [-0.15, -0.1) is 0 Å². The number of rotatable bonds is 9. The highest BCUT2D eigenvalue weighted by Gasteiger charge is 2.29. The molecular formula is C24H31N3O3. The van der Waals surface area contributed by atoms with E-state index in [4.69, 9.17) is 9.47 Å². The lowest BCUT2D eigenvalue weighted by molar-refractivity contribution is -0.110. The topological polar surface area (TPSA) is 62.8 Å². The lowest BCUT2D eigenvalue weighted by Crippen LogP contribution is -2.22. The Morgan fingerprint density at radius 1 is 1.00 bits per heavy atom.